The Kier molecular flexibility index (Phi) is 8.68. The van der Waals surface area contributed by atoms with Crippen LogP contribution in [0.2, 0.25) is 0 Å². The smallest absolute Gasteiger partial charge is 0.263 e. The summed E-state index contributed by atoms with van der Waals surface area (Å²) in [5.41, 5.74) is 1.58. The van der Waals surface area contributed by atoms with Gasteiger partial charge < -0.3 is 19.3 Å². The topological polar surface area (TPSA) is 100 Å². The fourth-order valence-electron chi connectivity index (χ4n) is 3.77. The van der Waals surface area contributed by atoms with Gasteiger partial charge in [0, 0.05) is 50.9 Å². The second kappa shape index (κ2) is 11.5. The van der Waals surface area contributed by atoms with E-state index in [2.05, 4.69) is 30.2 Å². The maximum absolute atomic E-state index is 13.0. The van der Waals surface area contributed by atoms with E-state index in [1.165, 1.54) is 18.7 Å². The van der Waals surface area contributed by atoms with E-state index in [1.807, 2.05) is 18.2 Å². The highest BCUT2D eigenvalue weighted by molar-refractivity contribution is 8.30. The van der Waals surface area contributed by atoms with Gasteiger partial charge in [-0.1, -0.05) is 6.07 Å². The fourth-order valence-corrected chi connectivity index (χ4v) is 6.38. The molecular formula is C22H33N5O4S. The Morgan fingerprint density at radius 1 is 1.12 bits per heavy atom. The quantitative estimate of drug-likeness (QED) is 0.545. The number of aliphatic hydroxyl groups is 1. The second-order valence-electron chi connectivity index (χ2n) is 7.74. The number of hydrogen-bond acceptors (Lipinski definition) is 8. The molecule has 1 fully saturated rings. The van der Waals surface area contributed by atoms with Crippen LogP contribution in [0, 0.1) is 0 Å². The molecule has 1 aliphatic heterocycles. The molecular weight excluding hydrogens is 430 g/mol. The Morgan fingerprint density at radius 2 is 1.81 bits per heavy atom. The first-order valence-electron chi connectivity index (χ1n) is 10.6. The van der Waals surface area contributed by atoms with Crippen LogP contribution in [0.3, 0.4) is 0 Å². The third kappa shape index (κ3) is 6.10. The molecule has 1 saturated heterocycles. The number of nitrogens with zero attached hydrogens (tertiary/aromatic N) is 4. The van der Waals surface area contributed by atoms with Gasteiger partial charge in [-0.25, -0.2) is 14.3 Å². The van der Waals surface area contributed by atoms with Crippen LogP contribution in [0.15, 0.2) is 36.9 Å². The lowest BCUT2D eigenvalue weighted by Gasteiger charge is -2.50. The molecule has 10 heteroatoms. The van der Waals surface area contributed by atoms with E-state index >= 15 is 0 Å². The SMILES string of the molecule is COc1ccc(CCS(C)(NC(=O)c2cncnc2)N2CCN(CCO)CC2)cc1OC. The lowest BCUT2D eigenvalue weighted by Crippen LogP contribution is -2.51. The Balaban J connectivity index is 1.76. The highest BCUT2D eigenvalue weighted by atomic mass is 32.3. The summed E-state index contributed by atoms with van der Waals surface area (Å²) in [6.45, 7) is 4.24. The minimum absolute atomic E-state index is 0.159. The fraction of sp³-hybridized carbons (Fsp3) is 0.500. The number of nitrogens with one attached hydrogen (secondary N) is 1. The predicted molar refractivity (Wildman–Crippen MR) is 126 cm³/mol. The van der Waals surface area contributed by atoms with Crippen molar-refractivity contribution in [2.75, 3.05) is 65.6 Å². The zero-order valence-corrected chi connectivity index (χ0v) is 19.8. The first-order valence-corrected chi connectivity index (χ1v) is 12.8. The van der Waals surface area contributed by atoms with Crippen LogP contribution in [0.1, 0.15) is 15.9 Å². The van der Waals surface area contributed by atoms with Crippen LogP contribution in [0.5, 0.6) is 11.5 Å². The van der Waals surface area contributed by atoms with Gasteiger partial charge in [-0.2, -0.15) is 0 Å². The van der Waals surface area contributed by atoms with Gasteiger partial charge in [-0.05, 0) is 30.4 Å². The molecule has 1 unspecified atom stereocenters. The number of aryl methyl sites for hydroxylation is 1. The molecule has 0 aliphatic carbocycles. The summed E-state index contributed by atoms with van der Waals surface area (Å²) in [5, 5.41) is 9.24. The van der Waals surface area contributed by atoms with E-state index in [9.17, 15) is 9.90 Å². The molecule has 1 amide bonds. The summed E-state index contributed by atoms with van der Waals surface area (Å²) >= 11 is 0. The first-order chi connectivity index (χ1) is 15.5. The van der Waals surface area contributed by atoms with Crippen molar-refractivity contribution in [1.82, 2.24) is 23.9 Å². The molecule has 32 heavy (non-hydrogen) atoms. The van der Waals surface area contributed by atoms with Gasteiger partial charge in [-0.15, -0.1) is 10.4 Å². The van der Waals surface area contributed by atoms with Crippen LogP contribution in [-0.2, 0) is 6.42 Å². The number of benzene rings is 1. The highest BCUT2D eigenvalue weighted by Crippen LogP contribution is 2.45. The summed E-state index contributed by atoms with van der Waals surface area (Å²) in [6, 6.07) is 5.94. The van der Waals surface area contributed by atoms with Crippen molar-refractivity contribution in [3.63, 3.8) is 0 Å². The number of piperazine rings is 1. The lowest BCUT2D eigenvalue weighted by molar-refractivity contribution is 0.0979. The molecule has 1 aliphatic rings. The standard InChI is InChI=1S/C22H33N5O4S/c1-30-20-5-4-18(14-21(20)31-2)6-13-32(3,25-22(29)19-15-23-17-24-16-19)27-9-7-26(8-10-27)11-12-28/h4-5,14-17,28H,6-13H2,1-3H3,(H,25,29). The summed E-state index contributed by atoms with van der Waals surface area (Å²) in [6.07, 6.45) is 7.43. The van der Waals surface area contributed by atoms with Gasteiger partial charge in [0.1, 0.15) is 6.33 Å². The minimum Gasteiger partial charge on any atom is -0.493 e. The molecule has 1 aromatic carbocycles. The van der Waals surface area contributed by atoms with Crippen molar-refractivity contribution in [3.05, 3.63) is 48.0 Å². The molecule has 0 saturated carbocycles. The Morgan fingerprint density at radius 3 is 2.44 bits per heavy atom. The van der Waals surface area contributed by atoms with E-state index < -0.39 is 10.4 Å². The lowest BCUT2D eigenvalue weighted by atomic mass is 10.1. The Bertz CT molecular complexity index is 880. The Hall–Kier alpha value is -2.40. The number of aliphatic hydroxyl groups excluding tert-OH is 1. The molecule has 2 N–H and O–H groups in total. The maximum atomic E-state index is 13.0. The number of methoxy groups -OCH3 is 2. The number of amides is 1. The molecule has 176 valence electrons. The van der Waals surface area contributed by atoms with Crippen molar-refractivity contribution >= 4 is 16.3 Å². The van der Waals surface area contributed by atoms with E-state index in [-0.39, 0.29) is 12.5 Å². The molecule has 0 spiro atoms. The van der Waals surface area contributed by atoms with Gasteiger partial charge in [0.15, 0.2) is 11.5 Å². The summed E-state index contributed by atoms with van der Waals surface area (Å²) in [4.78, 5) is 23.2. The van der Waals surface area contributed by atoms with Crippen molar-refractivity contribution in [3.8, 4) is 11.5 Å². The zero-order chi connectivity index (χ0) is 23.0. The third-order valence-corrected chi connectivity index (χ3v) is 8.82. The number of aromatic nitrogens is 2. The molecule has 2 heterocycles. The van der Waals surface area contributed by atoms with Crippen LogP contribution in [0.25, 0.3) is 0 Å². The average Bonchev–Trinajstić information content (AvgIpc) is 2.83. The average molecular weight is 464 g/mol. The number of carbonyl (C=O) groups is 1. The van der Waals surface area contributed by atoms with Crippen LogP contribution in [-0.4, -0.2) is 95.7 Å². The monoisotopic (exact) mass is 463 g/mol. The maximum Gasteiger partial charge on any atom is 0.263 e. The normalized spacial score (nSPS) is 17.9. The molecule has 0 radical (unpaired) electrons. The van der Waals surface area contributed by atoms with Gasteiger partial charge in [0.05, 0.1) is 26.4 Å². The molecule has 3 rings (SSSR count). The van der Waals surface area contributed by atoms with E-state index in [4.69, 9.17) is 9.47 Å². The minimum atomic E-state index is -1.64. The number of rotatable bonds is 10. The largest absolute Gasteiger partial charge is 0.493 e. The molecule has 1 aromatic heterocycles. The summed E-state index contributed by atoms with van der Waals surface area (Å²) in [5.74, 6) is 2.03. The first kappa shape index (κ1) is 24.2. The Labute approximate surface area is 191 Å². The molecule has 0 bridgehead atoms. The molecule has 2 aromatic rings. The van der Waals surface area contributed by atoms with Crippen LogP contribution < -0.4 is 14.2 Å². The molecule has 9 nitrogen and oxygen atoms in total. The predicted octanol–water partition coefficient (Wildman–Crippen LogP) is 1.34. The van der Waals surface area contributed by atoms with Crippen LogP contribution >= 0.6 is 10.4 Å². The second-order valence-corrected chi connectivity index (χ2v) is 10.9. The highest BCUT2D eigenvalue weighted by Gasteiger charge is 2.31. The van der Waals surface area contributed by atoms with Crippen molar-refractivity contribution in [2.24, 2.45) is 0 Å². The van der Waals surface area contributed by atoms with Crippen molar-refractivity contribution in [1.29, 1.82) is 0 Å². The van der Waals surface area contributed by atoms with Crippen molar-refractivity contribution in [2.45, 2.75) is 6.42 Å². The number of carbonyl (C=O) groups excluding carboxylic acids is 1. The number of β-amino-alcohol motifs (C(OH)–C–C–N with tert-alkyl or cyclic N) is 1. The number of hydrogen-bond donors (Lipinski definition) is 2. The number of ether oxygens (including phenoxy) is 2. The van der Waals surface area contributed by atoms with Gasteiger partial charge in [0.2, 0.25) is 0 Å². The van der Waals surface area contributed by atoms with Gasteiger partial charge >= 0.3 is 0 Å². The summed E-state index contributed by atoms with van der Waals surface area (Å²) in [7, 11) is 1.61. The third-order valence-electron chi connectivity index (χ3n) is 5.69. The van der Waals surface area contributed by atoms with Crippen LogP contribution in [0.4, 0.5) is 0 Å². The van der Waals surface area contributed by atoms with Gasteiger partial charge in [0.25, 0.3) is 5.91 Å². The van der Waals surface area contributed by atoms with E-state index in [0.717, 1.165) is 43.9 Å². The van der Waals surface area contributed by atoms with E-state index in [0.29, 0.717) is 23.6 Å². The van der Waals surface area contributed by atoms with Crippen molar-refractivity contribution < 1.29 is 19.4 Å². The van der Waals surface area contributed by atoms with E-state index in [1.54, 1.807) is 14.2 Å². The van der Waals surface area contributed by atoms with Gasteiger partial charge in [-0.3, -0.25) is 9.69 Å². The summed E-state index contributed by atoms with van der Waals surface area (Å²) < 4.78 is 16.5. The molecule has 1 atom stereocenters. The zero-order valence-electron chi connectivity index (χ0n) is 19.0.